The van der Waals surface area contributed by atoms with E-state index in [1.165, 1.54) is 31.2 Å². The van der Waals surface area contributed by atoms with Crippen LogP contribution in [0.3, 0.4) is 0 Å². The van der Waals surface area contributed by atoms with Gasteiger partial charge in [0.05, 0.1) is 4.92 Å². The van der Waals surface area contributed by atoms with E-state index in [1.54, 1.807) is 0 Å². The molecule has 1 unspecified atom stereocenters. The van der Waals surface area contributed by atoms with Crippen LogP contribution in [0.15, 0.2) is 29.4 Å². The highest BCUT2D eigenvalue weighted by Crippen LogP contribution is 2.14. The van der Waals surface area contributed by atoms with Gasteiger partial charge in [-0.25, -0.2) is 11.0 Å². The number of carbonyl (C=O) groups is 2. The van der Waals surface area contributed by atoms with Crippen LogP contribution in [0.4, 0.5) is 5.69 Å². The number of nitro groups is 1. The largest absolute Gasteiger partial charge is 0.293 e. The first kappa shape index (κ1) is 12.8. The van der Waals surface area contributed by atoms with E-state index in [2.05, 4.69) is 16.1 Å². The van der Waals surface area contributed by atoms with E-state index in [1.807, 2.05) is 0 Å². The number of nitrogens with one attached hydrogen (secondary N) is 2. The smallest absolute Gasteiger partial charge is 0.269 e. The first-order valence-electron chi connectivity index (χ1n) is 5.38. The van der Waals surface area contributed by atoms with Gasteiger partial charge in [0, 0.05) is 24.6 Å². The molecule has 0 fully saturated rings. The molecule has 0 aromatic heterocycles. The van der Waals surface area contributed by atoms with E-state index in [-0.39, 0.29) is 28.5 Å². The zero-order chi connectivity index (χ0) is 14.0. The molecule has 0 bridgehead atoms. The molecule has 98 valence electrons. The molecular formula is C11H10N4O4. The zero-order valence-corrected chi connectivity index (χ0v) is 9.91. The molecule has 1 aliphatic rings. The summed E-state index contributed by atoms with van der Waals surface area (Å²) in [4.78, 5) is 33.4. The Morgan fingerprint density at radius 1 is 1.32 bits per heavy atom. The van der Waals surface area contributed by atoms with Crippen LogP contribution in [-0.2, 0) is 4.79 Å². The number of non-ortho nitro benzene ring substituents is 1. The summed E-state index contributed by atoms with van der Waals surface area (Å²) in [7, 11) is 0. The summed E-state index contributed by atoms with van der Waals surface area (Å²) in [6, 6.07) is 4.29. The number of carbonyl (C=O) groups excluding carboxylic acids is 2. The summed E-state index contributed by atoms with van der Waals surface area (Å²) in [5.41, 5.74) is 5.19. The van der Waals surface area contributed by atoms with Crippen molar-refractivity contribution in [1.82, 2.24) is 11.0 Å². The Morgan fingerprint density at radius 2 is 1.95 bits per heavy atom. The molecule has 0 aliphatic carbocycles. The Balaban J connectivity index is 2.23. The second-order valence-electron chi connectivity index (χ2n) is 3.91. The van der Waals surface area contributed by atoms with Crippen LogP contribution in [0.25, 0.3) is 0 Å². The van der Waals surface area contributed by atoms with Gasteiger partial charge in [0.1, 0.15) is 11.8 Å². The van der Waals surface area contributed by atoms with E-state index in [0.717, 1.165) is 0 Å². The Labute approximate surface area is 107 Å². The number of hydrazine groups is 1. The van der Waals surface area contributed by atoms with Gasteiger partial charge in [0.25, 0.3) is 5.69 Å². The predicted molar refractivity (Wildman–Crippen MR) is 65.6 cm³/mol. The summed E-state index contributed by atoms with van der Waals surface area (Å²) >= 11 is 0. The van der Waals surface area contributed by atoms with Crippen molar-refractivity contribution in [2.24, 2.45) is 5.10 Å². The van der Waals surface area contributed by atoms with E-state index in [0.29, 0.717) is 0 Å². The molecule has 2 N–H and O–H groups in total. The van der Waals surface area contributed by atoms with Crippen LogP contribution in [0.2, 0.25) is 0 Å². The standard InChI is InChI=1S/C11H10N4O4/c1-6(16)9-10(13-14-12-9)11(17)7-2-4-8(5-3-7)15(18)19/h2-5,10,13-14H,1H3. The van der Waals surface area contributed by atoms with Gasteiger partial charge in [0.2, 0.25) is 0 Å². The monoisotopic (exact) mass is 262 g/mol. The molecule has 2 rings (SSSR count). The van der Waals surface area contributed by atoms with Crippen LogP contribution >= 0.6 is 0 Å². The molecule has 0 radical (unpaired) electrons. The van der Waals surface area contributed by atoms with E-state index in [9.17, 15) is 19.7 Å². The third-order valence-electron chi connectivity index (χ3n) is 2.64. The van der Waals surface area contributed by atoms with Crippen molar-refractivity contribution in [3.63, 3.8) is 0 Å². The van der Waals surface area contributed by atoms with Crippen molar-refractivity contribution in [2.45, 2.75) is 13.0 Å². The van der Waals surface area contributed by atoms with Gasteiger partial charge in [-0.2, -0.15) is 5.10 Å². The molecule has 1 atom stereocenters. The quantitative estimate of drug-likeness (QED) is 0.455. The lowest BCUT2D eigenvalue weighted by molar-refractivity contribution is -0.384. The lowest BCUT2D eigenvalue weighted by Crippen LogP contribution is -2.43. The predicted octanol–water partition coefficient (Wildman–Crippen LogP) is 0.199. The van der Waals surface area contributed by atoms with E-state index in [4.69, 9.17) is 0 Å². The van der Waals surface area contributed by atoms with Crippen molar-refractivity contribution in [2.75, 3.05) is 0 Å². The van der Waals surface area contributed by atoms with Gasteiger partial charge in [0.15, 0.2) is 11.6 Å². The molecule has 0 spiro atoms. The summed E-state index contributed by atoms with van der Waals surface area (Å²) in [5, 5.41) is 14.2. The van der Waals surface area contributed by atoms with Crippen molar-refractivity contribution in [3.8, 4) is 0 Å². The van der Waals surface area contributed by atoms with Crippen LogP contribution < -0.4 is 11.0 Å². The van der Waals surface area contributed by atoms with Crippen molar-refractivity contribution in [3.05, 3.63) is 39.9 Å². The van der Waals surface area contributed by atoms with Gasteiger partial charge < -0.3 is 0 Å². The average Bonchev–Trinajstić information content (AvgIpc) is 2.87. The zero-order valence-electron chi connectivity index (χ0n) is 9.91. The molecule has 8 heteroatoms. The van der Waals surface area contributed by atoms with E-state index >= 15 is 0 Å². The highest BCUT2D eigenvalue weighted by molar-refractivity contribution is 6.46. The van der Waals surface area contributed by atoms with Gasteiger partial charge in [-0.05, 0) is 12.1 Å². The topological polar surface area (TPSA) is 114 Å². The molecule has 1 aromatic carbocycles. The minimum absolute atomic E-state index is 0.0864. The number of benzene rings is 1. The fourth-order valence-electron chi connectivity index (χ4n) is 1.68. The van der Waals surface area contributed by atoms with Crippen molar-refractivity contribution in [1.29, 1.82) is 0 Å². The van der Waals surface area contributed by atoms with Gasteiger partial charge in [-0.15, -0.1) is 0 Å². The third kappa shape index (κ3) is 2.47. The number of nitrogens with zero attached hydrogens (tertiary/aromatic N) is 2. The molecule has 0 saturated heterocycles. The lowest BCUT2D eigenvalue weighted by Gasteiger charge is -2.09. The fourth-order valence-corrected chi connectivity index (χ4v) is 1.68. The first-order valence-corrected chi connectivity index (χ1v) is 5.38. The minimum Gasteiger partial charge on any atom is -0.293 e. The lowest BCUT2D eigenvalue weighted by atomic mass is 9.99. The fraction of sp³-hybridized carbons (Fsp3) is 0.182. The second-order valence-corrected chi connectivity index (χ2v) is 3.91. The Hall–Kier alpha value is -2.61. The molecule has 8 nitrogen and oxygen atoms in total. The molecule has 0 saturated carbocycles. The number of hydrazone groups is 1. The maximum atomic E-state index is 12.1. The third-order valence-corrected chi connectivity index (χ3v) is 2.64. The molecule has 19 heavy (non-hydrogen) atoms. The Morgan fingerprint density at radius 3 is 2.47 bits per heavy atom. The number of nitro benzene ring substituents is 1. The summed E-state index contributed by atoms with van der Waals surface area (Å²) in [5.74, 6) is -0.702. The van der Waals surface area contributed by atoms with E-state index < -0.39 is 11.0 Å². The highest BCUT2D eigenvalue weighted by atomic mass is 16.6. The Kier molecular flexibility index (Phi) is 3.34. The van der Waals surface area contributed by atoms with Crippen LogP contribution in [0.5, 0.6) is 0 Å². The number of rotatable bonds is 4. The van der Waals surface area contributed by atoms with Gasteiger partial charge in [-0.3, -0.25) is 19.7 Å². The SMILES string of the molecule is CC(=O)C1=NNNC1C(=O)c1ccc([N+](=O)[O-])cc1. The second kappa shape index (κ2) is 4.94. The molecule has 1 heterocycles. The van der Waals surface area contributed by atoms with Crippen LogP contribution in [0.1, 0.15) is 17.3 Å². The summed E-state index contributed by atoms with van der Waals surface area (Å²) in [6.07, 6.45) is 0. The number of Topliss-reactive ketones (excluding diaryl/α,β-unsaturated/α-hetero) is 2. The molecule has 0 amide bonds. The van der Waals surface area contributed by atoms with Gasteiger partial charge in [-0.1, -0.05) is 0 Å². The van der Waals surface area contributed by atoms with Crippen molar-refractivity contribution >= 4 is 23.0 Å². The van der Waals surface area contributed by atoms with Crippen LogP contribution in [0, 0.1) is 10.1 Å². The highest BCUT2D eigenvalue weighted by Gasteiger charge is 2.31. The number of hydrogen-bond donors (Lipinski definition) is 2. The Bertz CT molecular complexity index is 579. The maximum Gasteiger partial charge on any atom is 0.269 e. The maximum absolute atomic E-state index is 12.1. The summed E-state index contributed by atoms with van der Waals surface area (Å²) in [6.45, 7) is 1.31. The van der Waals surface area contributed by atoms with Crippen molar-refractivity contribution < 1.29 is 14.5 Å². The van der Waals surface area contributed by atoms with Crippen LogP contribution in [-0.4, -0.2) is 28.2 Å². The molecular weight excluding hydrogens is 252 g/mol. The molecule has 1 aliphatic heterocycles. The number of ketones is 2. The van der Waals surface area contributed by atoms with Gasteiger partial charge >= 0.3 is 0 Å². The number of hydrogen-bond acceptors (Lipinski definition) is 7. The molecule has 1 aromatic rings. The first-order chi connectivity index (χ1) is 9.00. The average molecular weight is 262 g/mol. The minimum atomic E-state index is -0.876. The normalized spacial score (nSPS) is 17.5. The summed E-state index contributed by atoms with van der Waals surface area (Å²) < 4.78 is 0.